The van der Waals surface area contributed by atoms with Crippen molar-refractivity contribution in [3.05, 3.63) is 64.7 Å². The molecule has 5 nitrogen and oxygen atoms in total. The maximum Gasteiger partial charge on any atom is 0.365 e. The maximum atomic E-state index is 13.6. The van der Waals surface area contributed by atoms with E-state index >= 15 is 0 Å². The predicted octanol–water partition coefficient (Wildman–Crippen LogP) is 5.98. The van der Waals surface area contributed by atoms with Crippen molar-refractivity contribution in [2.24, 2.45) is 21.4 Å². The molecule has 2 bridgehead atoms. The summed E-state index contributed by atoms with van der Waals surface area (Å²) in [6.45, 7) is 12.5. The van der Waals surface area contributed by atoms with Crippen LogP contribution in [-0.4, -0.2) is 17.6 Å². The second-order valence-corrected chi connectivity index (χ2v) is 10.3. The highest BCUT2D eigenvalue weighted by molar-refractivity contribution is 6.06. The number of aryl methyl sites for hydroxylation is 3. The molecule has 1 N–H and O–H groups in total. The van der Waals surface area contributed by atoms with E-state index in [9.17, 15) is 9.59 Å². The summed E-state index contributed by atoms with van der Waals surface area (Å²) < 4.78 is 0. The lowest BCUT2D eigenvalue weighted by Crippen LogP contribution is -2.43. The number of benzene rings is 2. The van der Waals surface area contributed by atoms with Crippen molar-refractivity contribution in [3.8, 4) is 0 Å². The molecule has 2 aromatic carbocycles. The highest BCUT2D eigenvalue weighted by atomic mass is 16.7. The van der Waals surface area contributed by atoms with E-state index in [4.69, 9.17) is 4.84 Å². The van der Waals surface area contributed by atoms with Crippen molar-refractivity contribution < 1.29 is 14.4 Å². The van der Waals surface area contributed by atoms with Gasteiger partial charge in [-0.2, -0.15) is 0 Å². The number of hydrogen-bond acceptors (Lipinski definition) is 4. The van der Waals surface area contributed by atoms with Gasteiger partial charge in [-0.25, -0.2) is 4.79 Å². The monoisotopic (exact) mass is 432 g/mol. The molecule has 2 aliphatic carbocycles. The Balaban J connectivity index is 1.59. The topological polar surface area (TPSA) is 67.8 Å². The van der Waals surface area contributed by atoms with Gasteiger partial charge in [-0.1, -0.05) is 49.7 Å². The first-order chi connectivity index (χ1) is 15.0. The van der Waals surface area contributed by atoms with Crippen LogP contribution in [0.4, 0.5) is 5.69 Å². The molecule has 1 amide bonds. The molecule has 2 aromatic rings. The highest BCUT2D eigenvalue weighted by Crippen LogP contribution is 2.71. The number of rotatable bonds is 4. The predicted molar refractivity (Wildman–Crippen MR) is 127 cm³/mol. The molecule has 168 valence electrons. The zero-order chi connectivity index (χ0) is 23.3. The number of amides is 1. The Morgan fingerprint density at radius 2 is 1.53 bits per heavy atom. The Morgan fingerprint density at radius 1 is 0.906 bits per heavy atom. The van der Waals surface area contributed by atoms with Crippen LogP contribution in [0, 0.1) is 37.0 Å². The normalized spacial score (nSPS) is 26.9. The van der Waals surface area contributed by atoms with E-state index in [0.29, 0.717) is 12.0 Å². The molecule has 4 rings (SSSR count). The molecule has 2 atom stereocenters. The van der Waals surface area contributed by atoms with Crippen molar-refractivity contribution in [1.29, 1.82) is 0 Å². The number of carbonyl (C=O) groups excluding carboxylic acids is 2. The molecule has 0 spiro atoms. The van der Waals surface area contributed by atoms with E-state index in [2.05, 4.69) is 37.3 Å². The summed E-state index contributed by atoms with van der Waals surface area (Å²) in [6, 6.07) is 13.3. The van der Waals surface area contributed by atoms with Crippen LogP contribution >= 0.6 is 0 Å². The highest BCUT2D eigenvalue weighted by Gasteiger charge is 2.71. The van der Waals surface area contributed by atoms with E-state index in [-0.39, 0.29) is 16.7 Å². The molecule has 2 saturated carbocycles. The summed E-state index contributed by atoms with van der Waals surface area (Å²) in [4.78, 5) is 31.5. The maximum absolute atomic E-state index is 13.6. The van der Waals surface area contributed by atoms with E-state index in [1.165, 1.54) is 0 Å². The van der Waals surface area contributed by atoms with Gasteiger partial charge in [0.1, 0.15) is 0 Å². The zero-order valence-corrected chi connectivity index (χ0v) is 19.8. The van der Waals surface area contributed by atoms with E-state index < -0.39 is 11.4 Å². The third-order valence-corrected chi connectivity index (χ3v) is 8.17. The number of carbonyl (C=O) groups is 2. The molecule has 0 aliphatic heterocycles. The van der Waals surface area contributed by atoms with Gasteiger partial charge in [0.2, 0.25) is 5.91 Å². The minimum Gasteiger partial charge on any atom is -0.326 e. The Hall–Kier alpha value is -2.95. The summed E-state index contributed by atoms with van der Waals surface area (Å²) in [6.07, 6.45) is 2.12. The van der Waals surface area contributed by atoms with E-state index in [1.807, 2.05) is 45.0 Å². The fourth-order valence-corrected chi connectivity index (χ4v) is 5.66. The fourth-order valence-electron chi connectivity index (χ4n) is 5.66. The molecule has 5 heteroatoms. The van der Waals surface area contributed by atoms with Crippen molar-refractivity contribution >= 4 is 23.3 Å². The number of nitrogens with zero attached hydrogens (tertiary/aromatic N) is 1. The number of fused-ring (bicyclic) bond motifs is 2. The van der Waals surface area contributed by atoms with Gasteiger partial charge in [-0.15, -0.1) is 0 Å². The smallest absolute Gasteiger partial charge is 0.326 e. The fraction of sp³-hybridized carbons (Fsp3) is 0.444. The number of nitrogens with one attached hydrogen (secondary N) is 1. The molecule has 32 heavy (non-hydrogen) atoms. The van der Waals surface area contributed by atoms with Crippen LogP contribution in [0.15, 0.2) is 47.6 Å². The SMILES string of the molecule is Cc1ccc(C(=O)O/N=C2/CC3(C(=O)Nc4cc(C)cc(C)c4)CCC2(C)C3(C)C)cc1. The van der Waals surface area contributed by atoms with Gasteiger partial charge < -0.3 is 10.2 Å². The largest absolute Gasteiger partial charge is 0.365 e. The van der Waals surface area contributed by atoms with E-state index in [1.54, 1.807) is 12.1 Å². The van der Waals surface area contributed by atoms with Gasteiger partial charge in [0.05, 0.1) is 16.7 Å². The minimum absolute atomic E-state index is 0.0197. The van der Waals surface area contributed by atoms with Gasteiger partial charge >= 0.3 is 5.97 Å². The van der Waals surface area contributed by atoms with Gasteiger partial charge in [0, 0.05) is 17.5 Å². The Kier molecular flexibility index (Phi) is 5.27. The molecule has 2 unspecified atom stereocenters. The first-order valence-electron chi connectivity index (χ1n) is 11.2. The Morgan fingerprint density at radius 3 is 2.16 bits per heavy atom. The number of oxime groups is 1. The number of anilines is 1. The second kappa shape index (κ2) is 7.58. The molecule has 0 saturated heterocycles. The standard InChI is InChI=1S/C27H32N2O3/c1-17-7-9-20(10-8-17)23(30)32-29-22-16-27(12-11-26(22,6)25(27,4)5)24(31)28-21-14-18(2)13-19(3)15-21/h7-10,13-15H,11-12,16H2,1-6H3,(H,28,31)/b29-22-. The van der Waals surface area contributed by atoms with Gasteiger partial charge in [-0.3, -0.25) is 4.79 Å². The van der Waals surface area contributed by atoms with E-state index in [0.717, 1.165) is 40.9 Å². The Bertz CT molecular complexity index is 1100. The molecule has 2 fully saturated rings. The van der Waals surface area contributed by atoms with Gasteiger partial charge in [0.15, 0.2) is 0 Å². The molecular formula is C27H32N2O3. The Labute approximate surface area is 190 Å². The summed E-state index contributed by atoms with van der Waals surface area (Å²) in [5.74, 6) is -0.457. The molecular weight excluding hydrogens is 400 g/mol. The van der Waals surface area contributed by atoms with Crippen LogP contribution in [0.1, 0.15) is 67.1 Å². The lowest BCUT2D eigenvalue weighted by molar-refractivity contribution is -0.130. The third kappa shape index (κ3) is 3.35. The van der Waals surface area contributed by atoms with Crippen molar-refractivity contribution in [1.82, 2.24) is 0 Å². The first-order valence-corrected chi connectivity index (χ1v) is 11.2. The van der Waals surface area contributed by atoms with Crippen LogP contribution in [0.25, 0.3) is 0 Å². The van der Waals surface area contributed by atoms with Crippen LogP contribution in [0.3, 0.4) is 0 Å². The van der Waals surface area contributed by atoms with Crippen molar-refractivity contribution in [2.75, 3.05) is 5.32 Å². The summed E-state index contributed by atoms with van der Waals surface area (Å²) in [5.41, 5.74) is 4.18. The quantitative estimate of drug-likeness (QED) is 0.477. The van der Waals surface area contributed by atoms with Crippen LogP contribution in [0.2, 0.25) is 0 Å². The third-order valence-electron chi connectivity index (χ3n) is 8.17. The lowest BCUT2D eigenvalue weighted by atomic mass is 9.64. The van der Waals surface area contributed by atoms with Gasteiger partial charge in [-0.05, 0) is 74.4 Å². The average molecular weight is 433 g/mol. The average Bonchev–Trinajstić information content (AvgIpc) is 3.02. The van der Waals surface area contributed by atoms with Crippen molar-refractivity contribution in [2.45, 2.75) is 60.8 Å². The minimum atomic E-state index is -0.589. The summed E-state index contributed by atoms with van der Waals surface area (Å²) in [7, 11) is 0. The molecule has 2 aliphatic rings. The zero-order valence-electron chi connectivity index (χ0n) is 19.8. The molecule has 0 aromatic heterocycles. The first kappa shape index (κ1) is 22.3. The molecule has 0 heterocycles. The van der Waals surface area contributed by atoms with Crippen molar-refractivity contribution in [3.63, 3.8) is 0 Å². The van der Waals surface area contributed by atoms with Crippen LogP contribution in [0.5, 0.6) is 0 Å². The van der Waals surface area contributed by atoms with Crippen LogP contribution < -0.4 is 5.32 Å². The summed E-state index contributed by atoms with van der Waals surface area (Å²) >= 11 is 0. The summed E-state index contributed by atoms with van der Waals surface area (Å²) in [5, 5.41) is 7.49. The lowest BCUT2D eigenvalue weighted by Gasteiger charge is -2.39. The second-order valence-electron chi connectivity index (χ2n) is 10.3. The number of hydrogen-bond donors (Lipinski definition) is 1. The van der Waals surface area contributed by atoms with Gasteiger partial charge in [0.25, 0.3) is 0 Å². The molecule has 0 radical (unpaired) electrons. The van der Waals surface area contributed by atoms with Crippen LogP contribution in [-0.2, 0) is 9.63 Å².